The zero-order valence-electron chi connectivity index (χ0n) is 21.2. The van der Waals surface area contributed by atoms with Gasteiger partial charge in [-0.2, -0.15) is 0 Å². The third-order valence-electron chi connectivity index (χ3n) is 5.85. The second-order valence-electron chi connectivity index (χ2n) is 8.81. The molecular formula is C26H45NaO4S. The van der Waals surface area contributed by atoms with Crippen LogP contribution in [-0.4, -0.2) is 18.4 Å². The zero-order valence-corrected chi connectivity index (χ0v) is 24.0. The Kier molecular flexibility index (Phi) is 19.2. The average Bonchev–Trinajstić information content (AvgIpc) is 2.73. The van der Waals surface area contributed by atoms with Gasteiger partial charge in [0.2, 0.25) is 0 Å². The Labute approximate surface area is 220 Å². The van der Waals surface area contributed by atoms with E-state index in [0.717, 1.165) is 24.8 Å². The number of benzene rings is 1. The SMILES string of the molecule is CCCCCCCCc1ccc(OC(CCC)S(=O)(=O)[O-])c(CCCCCCCC)c1.[Na+]. The van der Waals surface area contributed by atoms with E-state index in [4.69, 9.17) is 4.74 Å². The van der Waals surface area contributed by atoms with Gasteiger partial charge in [0.25, 0.3) is 0 Å². The van der Waals surface area contributed by atoms with Crippen LogP contribution >= 0.6 is 0 Å². The van der Waals surface area contributed by atoms with Crippen LogP contribution in [0, 0.1) is 0 Å². The molecule has 0 spiro atoms. The van der Waals surface area contributed by atoms with Crippen LogP contribution in [0.4, 0.5) is 0 Å². The first-order valence-corrected chi connectivity index (χ1v) is 14.1. The van der Waals surface area contributed by atoms with Gasteiger partial charge in [-0.25, -0.2) is 8.42 Å². The molecule has 1 unspecified atom stereocenters. The minimum absolute atomic E-state index is 0. The van der Waals surface area contributed by atoms with Crippen molar-refractivity contribution in [3.05, 3.63) is 29.3 Å². The molecule has 32 heavy (non-hydrogen) atoms. The van der Waals surface area contributed by atoms with E-state index in [9.17, 15) is 13.0 Å². The van der Waals surface area contributed by atoms with Crippen molar-refractivity contribution >= 4 is 10.1 Å². The number of rotatable bonds is 19. The van der Waals surface area contributed by atoms with Gasteiger partial charge in [0.1, 0.15) is 15.9 Å². The average molecular weight is 477 g/mol. The Morgan fingerprint density at radius 2 is 1.31 bits per heavy atom. The summed E-state index contributed by atoms with van der Waals surface area (Å²) in [6, 6.07) is 6.09. The van der Waals surface area contributed by atoms with E-state index in [1.54, 1.807) is 0 Å². The van der Waals surface area contributed by atoms with Gasteiger partial charge >= 0.3 is 29.6 Å². The maximum Gasteiger partial charge on any atom is 1.00 e. The summed E-state index contributed by atoms with van der Waals surface area (Å²) < 4.78 is 40.7. The third kappa shape index (κ3) is 14.2. The number of aryl methyl sites for hydroxylation is 2. The van der Waals surface area contributed by atoms with E-state index in [0.29, 0.717) is 12.2 Å². The van der Waals surface area contributed by atoms with Crippen LogP contribution < -0.4 is 34.3 Å². The summed E-state index contributed by atoms with van der Waals surface area (Å²) in [4.78, 5) is 0. The first-order valence-electron chi connectivity index (χ1n) is 12.7. The van der Waals surface area contributed by atoms with Crippen LogP contribution in [0.3, 0.4) is 0 Å². The number of unbranched alkanes of at least 4 members (excludes halogenated alkanes) is 10. The van der Waals surface area contributed by atoms with E-state index in [2.05, 4.69) is 19.9 Å². The minimum atomic E-state index is -4.49. The van der Waals surface area contributed by atoms with Gasteiger partial charge < -0.3 is 9.29 Å². The van der Waals surface area contributed by atoms with Crippen molar-refractivity contribution in [2.75, 3.05) is 0 Å². The van der Waals surface area contributed by atoms with Gasteiger partial charge in [-0.05, 0) is 49.3 Å². The topological polar surface area (TPSA) is 66.4 Å². The van der Waals surface area contributed by atoms with Crippen LogP contribution in [0.5, 0.6) is 5.75 Å². The third-order valence-corrected chi connectivity index (χ3v) is 6.82. The van der Waals surface area contributed by atoms with Crippen LogP contribution in [0.2, 0.25) is 0 Å². The monoisotopic (exact) mass is 476 g/mol. The van der Waals surface area contributed by atoms with Crippen LogP contribution in [0.1, 0.15) is 122 Å². The number of ether oxygens (including phenoxy) is 1. The molecule has 0 fully saturated rings. The molecule has 0 bridgehead atoms. The molecular weight excluding hydrogens is 431 g/mol. The summed E-state index contributed by atoms with van der Waals surface area (Å²) in [7, 11) is -4.49. The summed E-state index contributed by atoms with van der Waals surface area (Å²) >= 11 is 0. The maximum atomic E-state index is 11.6. The second kappa shape index (κ2) is 19.3. The van der Waals surface area contributed by atoms with Crippen molar-refractivity contribution in [1.29, 1.82) is 0 Å². The zero-order chi connectivity index (χ0) is 23.0. The van der Waals surface area contributed by atoms with E-state index in [1.807, 2.05) is 19.1 Å². The summed E-state index contributed by atoms with van der Waals surface area (Å²) in [5.41, 5.74) is 1.02. The van der Waals surface area contributed by atoms with E-state index < -0.39 is 15.6 Å². The Morgan fingerprint density at radius 3 is 1.84 bits per heavy atom. The van der Waals surface area contributed by atoms with Crippen molar-refractivity contribution in [2.45, 2.75) is 129 Å². The first kappa shape index (κ1) is 31.9. The van der Waals surface area contributed by atoms with Gasteiger partial charge in [-0.1, -0.05) is 104 Å². The summed E-state index contributed by atoms with van der Waals surface area (Å²) in [6.07, 6.45) is 17.6. The molecule has 180 valence electrons. The molecule has 0 aliphatic heterocycles. The Morgan fingerprint density at radius 1 is 0.781 bits per heavy atom. The van der Waals surface area contributed by atoms with Crippen molar-refractivity contribution in [3.8, 4) is 5.75 Å². The number of hydrogen-bond donors (Lipinski definition) is 0. The fraction of sp³-hybridized carbons (Fsp3) is 0.769. The predicted molar refractivity (Wildman–Crippen MR) is 130 cm³/mol. The van der Waals surface area contributed by atoms with Crippen LogP contribution in [0.25, 0.3) is 0 Å². The summed E-state index contributed by atoms with van der Waals surface area (Å²) in [6.45, 7) is 6.32. The molecule has 0 aliphatic rings. The largest absolute Gasteiger partial charge is 1.00 e. The van der Waals surface area contributed by atoms with Gasteiger partial charge in [0.15, 0.2) is 5.44 Å². The van der Waals surface area contributed by atoms with Crippen molar-refractivity contribution in [1.82, 2.24) is 0 Å². The normalized spacial score (nSPS) is 12.4. The smallest absolute Gasteiger partial charge is 0.745 e. The Balaban J connectivity index is 0.00000961. The molecule has 1 atom stereocenters. The second-order valence-corrected chi connectivity index (χ2v) is 10.3. The van der Waals surface area contributed by atoms with Gasteiger partial charge in [0.05, 0.1) is 0 Å². The maximum absolute atomic E-state index is 11.6. The first-order chi connectivity index (χ1) is 14.9. The molecule has 0 radical (unpaired) electrons. The quantitative estimate of drug-likeness (QED) is 0.167. The Bertz CT molecular complexity index is 691. The van der Waals surface area contributed by atoms with E-state index in [-0.39, 0.29) is 36.0 Å². The van der Waals surface area contributed by atoms with Crippen LogP contribution in [-0.2, 0) is 23.0 Å². The molecule has 0 amide bonds. The van der Waals surface area contributed by atoms with Crippen LogP contribution in [0.15, 0.2) is 18.2 Å². The summed E-state index contributed by atoms with van der Waals surface area (Å²) in [5.74, 6) is 0.568. The van der Waals surface area contributed by atoms with E-state index >= 15 is 0 Å². The molecule has 6 heteroatoms. The number of hydrogen-bond acceptors (Lipinski definition) is 4. The molecule has 0 saturated carbocycles. The molecule has 4 nitrogen and oxygen atoms in total. The minimum Gasteiger partial charge on any atom is -0.745 e. The predicted octanol–water partition coefficient (Wildman–Crippen LogP) is 4.55. The molecule has 0 aliphatic carbocycles. The molecule has 1 aromatic rings. The van der Waals surface area contributed by atoms with Gasteiger partial charge in [-0.3, -0.25) is 0 Å². The molecule has 1 rings (SSSR count). The van der Waals surface area contributed by atoms with E-state index in [1.165, 1.54) is 76.2 Å². The fourth-order valence-electron chi connectivity index (χ4n) is 3.94. The van der Waals surface area contributed by atoms with Gasteiger partial charge in [-0.15, -0.1) is 0 Å². The standard InChI is InChI=1S/C26H46O4S.Na/c1-4-7-9-11-13-15-18-23-20-21-25(30-26(17-6-3)31(27,28)29)24(22-23)19-16-14-12-10-8-5-2;/h20-22,26H,4-19H2,1-3H3,(H,27,28,29);/q;+1/p-1. The van der Waals surface area contributed by atoms with Gasteiger partial charge in [0, 0.05) is 0 Å². The molecule has 1 aromatic carbocycles. The summed E-state index contributed by atoms with van der Waals surface area (Å²) in [5, 5.41) is 0. The molecule has 0 aromatic heterocycles. The fourth-order valence-corrected chi connectivity index (χ4v) is 4.69. The molecule has 0 saturated heterocycles. The van der Waals surface area contributed by atoms with Crippen molar-refractivity contribution in [3.63, 3.8) is 0 Å². The van der Waals surface area contributed by atoms with Crippen molar-refractivity contribution in [2.24, 2.45) is 0 Å². The Hall–Kier alpha value is -0.0700. The molecule has 0 N–H and O–H groups in total. The molecule has 0 heterocycles. The van der Waals surface area contributed by atoms with Crippen molar-refractivity contribution < 1.29 is 47.3 Å².